The lowest BCUT2D eigenvalue weighted by atomic mass is 10.2. The van der Waals surface area contributed by atoms with Crippen LogP contribution in [-0.2, 0) is 17.9 Å². The van der Waals surface area contributed by atoms with Gasteiger partial charge in [-0.1, -0.05) is 47.4 Å². The Morgan fingerprint density at radius 2 is 2.00 bits per heavy atom. The Bertz CT molecular complexity index is 885. The molecule has 0 spiro atoms. The van der Waals surface area contributed by atoms with E-state index in [0.717, 1.165) is 10.3 Å². The minimum atomic E-state index is -0.200. The molecule has 22 heavy (non-hydrogen) atoms. The number of fused-ring (bicyclic) bond motifs is 1. The van der Waals surface area contributed by atoms with Gasteiger partial charge in [0.25, 0.3) is 5.56 Å². The van der Waals surface area contributed by atoms with Crippen molar-refractivity contribution in [1.82, 2.24) is 9.27 Å². The first-order valence-electron chi connectivity index (χ1n) is 6.73. The predicted octanol–water partition coefficient (Wildman–Crippen LogP) is 3.03. The van der Waals surface area contributed by atoms with Gasteiger partial charge in [-0.25, -0.2) is 0 Å². The van der Waals surface area contributed by atoms with Gasteiger partial charge in [0, 0.05) is 11.6 Å². The van der Waals surface area contributed by atoms with Crippen LogP contribution in [-0.4, -0.2) is 9.86 Å². The van der Waals surface area contributed by atoms with Crippen molar-refractivity contribution in [3.8, 4) is 0 Å². The molecular formula is C16H13ClN2O2S. The van der Waals surface area contributed by atoms with Crippen molar-refractivity contribution in [3.05, 3.63) is 69.5 Å². The van der Waals surface area contributed by atoms with Crippen LogP contribution in [0.2, 0.25) is 5.02 Å². The average molecular weight is 333 g/mol. The first-order chi connectivity index (χ1) is 10.6. The van der Waals surface area contributed by atoms with Crippen molar-refractivity contribution in [2.45, 2.75) is 13.1 Å². The highest BCUT2D eigenvalue weighted by Crippen LogP contribution is 2.15. The number of aromatic nitrogens is 1. The average Bonchev–Trinajstić information content (AvgIpc) is 2.82. The zero-order chi connectivity index (χ0) is 15.5. The quantitative estimate of drug-likeness (QED) is 0.798. The Morgan fingerprint density at radius 1 is 1.18 bits per heavy atom. The normalized spacial score (nSPS) is 10.8. The van der Waals surface area contributed by atoms with Gasteiger partial charge in [0.2, 0.25) is 5.91 Å². The lowest BCUT2D eigenvalue weighted by Gasteiger charge is -2.05. The Balaban J connectivity index is 1.68. The van der Waals surface area contributed by atoms with E-state index in [1.165, 1.54) is 15.5 Å². The SMILES string of the molecule is O=C(Cn1sc2ccccc2c1=O)NCc1cccc(Cl)c1. The van der Waals surface area contributed by atoms with Crippen LogP contribution in [0.5, 0.6) is 0 Å². The Kier molecular flexibility index (Phi) is 4.27. The second-order valence-corrected chi connectivity index (χ2v) is 6.34. The molecule has 1 heterocycles. The number of nitrogens with one attached hydrogen (secondary N) is 1. The summed E-state index contributed by atoms with van der Waals surface area (Å²) in [6.45, 7) is 0.414. The number of amides is 1. The van der Waals surface area contributed by atoms with Crippen LogP contribution < -0.4 is 10.9 Å². The molecule has 6 heteroatoms. The molecule has 0 bridgehead atoms. The molecule has 0 saturated heterocycles. The molecule has 0 atom stereocenters. The third kappa shape index (κ3) is 3.21. The molecule has 2 aromatic carbocycles. The van der Waals surface area contributed by atoms with Gasteiger partial charge in [-0.15, -0.1) is 0 Å². The van der Waals surface area contributed by atoms with Crippen LogP contribution in [0.4, 0.5) is 0 Å². The minimum Gasteiger partial charge on any atom is -0.350 e. The standard InChI is InChI=1S/C16H13ClN2O2S/c17-12-5-3-4-11(8-12)9-18-15(20)10-19-16(21)13-6-1-2-7-14(13)22-19/h1-8H,9-10H2,(H,18,20). The fraction of sp³-hybridized carbons (Fsp3) is 0.125. The molecule has 4 nitrogen and oxygen atoms in total. The summed E-state index contributed by atoms with van der Waals surface area (Å²) in [5, 5.41) is 4.08. The van der Waals surface area contributed by atoms with E-state index in [4.69, 9.17) is 11.6 Å². The van der Waals surface area contributed by atoms with Gasteiger partial charge < -0.3 is 5.32 Å². The first-order valence-corrected chi connectivity index (χ1v) is 7.88. The number of hydrogen-bond acceptors (Lipinski definition) is 3. The van der Waals surface area contributed by atoms with E-state index >= 15 is 0 Å². The molecule has 3 aromatic rings. The molecule has 0 aliphatic carbocycles. The second-order valence-electron chi connectivity index (χ2n) is 4.84. The highest BCUT2D eigenvalue weighted by molar-refractivity contribution is 7.13. The summed E-state index contributed by atoms with van der Waals surface area (Å²) in [5.41, 5.74) is 0.794. The molecule has 1 amide bonds. The summed E-state index contributed by atoms with van der Waals surface area (Å²) < 4.78 is 2.35. The molecule has 1 aromatic heterocycles. The van der Waals surface area contributed by atoms with Crippen molar-refractivity contribution >= 4 is 39.1 Å². The third-order valence-electron chi connectivity index (χ3n) is 3.22. The molecule has 0 aliphatic rings. The Morgan fingerprint density at radius 3 is 2.77 bits per heavy atom. The molecule has 1 N–H and O–H groups in total. The fourth-order valence-electron chi connectivity index (χ4n) is 2.16. The second kappa shape index (κ2) is 6.34. The number of rotatable bonds is 4. The number of benzene rings is 2. The van der Waals surface area contributed by atoms with Crippen molar-refractivity contribution in [3.63, 3.8) is 0 Å². The number of carbonyl (C=O) groups is 1. The van der Waals surface area contributed by atoms with Crippen LogP contribution in [0.15, 0.2) is 53.3 Å². The maximum Gasteiger partial charge on any atom is 0.268 e. The zero-order valence-electron chi connectivity index (χ0n) is 11.6. The third-order valence-corrected chi connectivity index (χ3v) is 4.52. The van der Waals surface area contributed by atoms with Gasteiger partial charge in [-0.05, 0) is 29.8 Å². The summed E-state index contributed by atoms with van der Waals surface area (Å²) >= 11 is 7.20. The van der Waals surface area contributed by atoms with Crippen molar-refractivity contribution < 1.29 is 4.79 Å². The monoisotopic (exact) mass is 332 g/mol. The van der Waals surface area contributed by atoms with Crippen LogP contribution in [0.25, 0.3) is 10.1 Å². The van der Waals surface area contributed by atoms with E-state index < -0.39 is 0 Å². The smallest absolute Gasteiger partial charge is 0.268 e. The zero-order valence-corrected chi connectivity index (χ0v) is 13.2. The molecule has 3 rings (SSSR count). The molecule has 0 unspecified atom stereocenters. The topological polar surface area (TPSA) is 51.1 Å². The number of halogens is 1. The van der Waals surface area contributed by atoms with Gasteiger partial charge in [0.1, 0.15) is 6.54 Å². The van der Waals surface area contributed by atoms with E-state index in [1.807, 2.05) is 30.3 Å². The lowest BCUT2D eigenvalue weighted by molar-refractivity contribution is -0.121. The van der Waals surface area contributed by atoms with Gasteiger partial charge in [0.05, 0.1) is 10.1 Å². The number of hydrogen-bond donors (Lipinski definition) is 1. The maximum absolute atomic E-state index is 12.2. The van der Waals surface area contributed by atoms with Crippen LogP contribution in [0.3, 0.4) is 0 Å². The van der Waals surface area contributed by atoms with E-state index in [2.05, 4.69) is 5.32 Å². The Hall–Kier alpha value is -2.11. The van der Waals surface area contributed by atoms with Crippen LogP contribution in [0.1, 0.15) is 5.56 Å². The summed E-state index contributed by atoms with van der Waals surface area (Å²) in [6, 6.07) is 14.6. The van der Waals surface area contributed by atoms with E-state index in [-0.39, 0.29) is 18.0 Å². The van der Waals surface area contributed by atoms with E-state index in [1.54, 1.807) is 18.2 Å². The van der Waals surface area contributed by atoms with Crippen LogP contribution >= 0.6 is 23.1 Å². The summed E-state index contributed by atoms with van der Waals surface area (Å²) in [6.07, 6.45) is 0. The molecular weight excluding hydrogens is 320 g/mol. The first kappa shape index (κ1) is 14.8. The molecule has 0 aliphatic heterocycles. The van der Waals surface area contributed by atoms with Crippen molar-refractivity contribution in [2.24, 2.45) is 0 Å². The largest absolute Gasteiger partial charge is 0.350 e. The highest BCUT2D eigenvalue weighted by Gasteiger charge is 2.10. The van der Waals surface area contributed by atoms with Gasteiger partial charge >= 0.3 is 0 Å². The van der Waals surface area contributed by atoms with Gasteiger partial charge in [-0.2, -0.15) is 0 Å². The summed E-state index contributed by atoms with van der Waals surface area (Å²) in [4.78, 5) is 24.2. The Labute approximate surface area is 136 Å². The highest BCUT2D eigenvalue weighted by atomic mass is 35.5. The molecule has 0 saturated carbocycles. The summed E-state index contributed by atoms with van der Waals surface area (Å²) in [7, 11) is 0. The number of carbonyl (C=O) groups excluding carboxylic acids is 1. The van der Waals surface area contributed by atoms with Crippen LogP contribution in [0, 0.1) is 0 Å². The minimum absolute atomic E-state index is 0.0265. The lowest BCUT2D eigenvalue weighted by Crippen LogP contribution is -2.29. The van der Waals surface area contributed by atoms with E-state index in [9.17, 15) is 9.59 Å². The molecule has 0 radical (unpaired) electrons. The molecule has 0 fully saturated rings. The molecule has 112 valence electrons. The van der Waals surface area contributed by atoms with E-state index in [0.29, 0.717) is 17.0 Å². The maximum atomic E-state index is 12.2. The fourth-order valence-corrected chi connectivity index (χ4v) is 3.36. The summed E-state index contributed by atoms with van der Waals surface area (Å²) in [5.74, 6) is -0.200. The van der Waals surface area contributed by atoms with Gasteiger partial charge in [0.15, 0.2) is 0 Å². The van der Waals surface area contributed by atoms with Crippen molar-refractivity contribution in [2.75, 3.05) is 0 Å². The number of nitrogens with zero attached hydrogens (tertiary/aromatic N) is 1. The van der Waals surface area contributed by atoms with Gasteiger partial charge in [-0.3, -0.25) is 13.5 Å². The van der Waals surface area contributed by atoms with Crippen molar-refractivity contribution in [1.29, 1.82) is 0 Å². The predicted molar refractivity (Wildman–Crippen MR) is 89.4 cm³/mol.